The number of benzene rings is 2. The zero-order valence-electron chi connectivity index (χ0n) is 13.6. The molecule has 0 radical (unpaired) electrons. The molecule has 26 heavy (non-hydrogen) atoms. The van der Waals surface area contributed by atoms with Crippen molar-refractivity contribution in [1.29, 1.82) is 0 Å². The number of ether oxygens (including phenoxy) is 1. The second-order valence-electron chi connectivity index (χ2n) is 5.76. The SMILES string of the molecule is C=C1NC(=S)N[C@@H](c2ccc(OC(F)F)cc2)[C@@H]1C(=O)c1ccccc1. The summed E-state index contributed by atoms with van der Waals surface area (Å²) in [5.74, 6) is -0.674. The first-order valence-electron chi connectivity index (χ1n) is 7.86. The Morgan fingerprint density at radius 3 is 2.38 bits per heavy atom. The summed E-state index contributed by atoms with van der Waals surface area (Å²) in [5.41, 5.74) is 1.75. The van der Waals surface area contributed by atoms with Crippen molar-refractivity contribution in [3.05, 3.63) is 78.0 Å². The smallest absolute Gasteiger partial charge is 0.387 e. The molecule has 4 nitrogen and oxygen atoms in total. The van der Waals surface area contributed by atoms with Crippen LogP contribution in [0.15, 0.2) is 66.9 Å². The summed E-state index contributed by atoms with van der Waals surface area (Å²) in [6.07, 6.45) is 0. The molecule has 2 atom stereocenters. The van der Waals surface area contributed by atoms with Crippen molar-refractivity contribution < 1.29 is 18.3 Å². The van der Waals surface area contributed by atoms with Gasteiger partial charge in [0, 0.05) is 11.3 Å². The summed E-state index contributed by atoms with van der Waals surface area (Å²) in [6.45, 7) is 1.05. The lowest BCUT2D eigenvalue weighted by Crippen LogP contribution is -2.50. The maximum atomic E-state index is 13.0. The van der Waals surface area contributed by atoms with Crippen molar-refractivity contribution in [1.82, 2.24) is 10.6 Å². The molecule has 0 bridgehead atoms. The predicted octanol–water partition coefficient (Wildman–Crippen LogP) is 3.82. The van der Waals surface area contributed by atoms with Gasteiger partial charge in [-0.05, 0) is 29.9 Å². The van der Waals surface area contributed by atoms with Crippen LogP contribution in [0.4, 0.5) is 8.78 Å². The summed E-state index contributed by atoms with van der Waals surface area (Å²) in [5, 5.41) is 6.32. The van der Waals surface area contributed by atoms with E-state index >= 15 is 0 Å². The Balaban J connectivity index is 1.92. The van der Waals surface area contributed by atoms with E-state index in [9.17, 15) is 13.6 Å². The summed E-state index contributed by atoms with van der Waals surface area (Å²) >= 11 is 5.18. The summed E-state index contributed by atoms with van der Waals surface area (Å²) in [4.78, 5) is 13.0. The number of thiocarbonyl (C=S) groups is 1. The van der Waals surface area contributed by atoms with E-state index in [1.54, 1.807) is 36.4 Å². The Morgan fingerprint density at radius 2 is 1.77 bits per heavy atom. The summed E-state index contributed by atoms with van der Waals surface area (Å²) in [6, 6.07) is 14.5. The molecule has 0 spiro atoms. The van der Waals surface area contributed by atoms with Gasteiger partial charge in [0.25, 0.3) is 0 Å². The molecule has 134 valence electrons. The molecule has 2 aromatic carbocycles. The predicted molar refractivity (Wildman–Crippen MR) is 98.1 cm³/mol. The van der Waals surface area contributed by atoms with Gasteiger partial charge in [0.1, 0.15) is 5.75 Å². The lowest BCUT2D eigenvalue weighted by atomic mass is 9.83. The van der Waals surface area contributed by atoms with Gasteiger partial charge in [-0.1, -0.05) is 49.0 Å². The van der Waals surface area contributed by atoms with E-state index in [2.05, 4.69) is 21.9 Å². The monoisotopic (exact) mass is 374 g/mol. The molecular weight excluding hydrogens is 358 g/mol. The first kappa shape index (κ1) is 18.0. The van der Waals surface area contributed by atoms with Crippen LogP contribution >= 0.6 is 12.2 Å². The number of hydrogen-bond donors (Lipinski definition) is 2. The lowest BCUT2D eigenvalue weighted by Gasteiger charge is -2.35. The molecule has 7 heteroatoms. The minimum absolute atomic E-state index is 0.0463. The molecule has 0 aromatic heterocycles. The maximum Gasteiger partial charge on any atom is 0.387 e. The van der Waals surface area contributed by atoms with Crippen LogP contribution in [-0.4, -0.2) is 17.5 Å². The zero-order chi connectivity index (χ0) is 18.7. The molecule has 1 saturated heterocycles. The number of carbonyl (C=O) groups excluding carboxylic acids is 1. The van der Waals surface area contributed by atoms with E-state index < -0.39 is 18.6 Å². The highest BCUT2D eigenvalue weighted by molar-refractivity contribution is 7.80. The standard InChI is InChI=1S/C19H16F2N2O2S/c1-11-15(17(24)13-5-3-2-4-6-13)16(23-19(26)22-11)12-7-9-14(10-8-12)25-18(20)21/h2-10,15-16,18H,1H2,(H2,22,23,26)/t15-,16+/m1/s1. The molecule has 0 saturated carbocycles. The van der Waals surface area contributed by atoms with E-state index in [1.165, 1.54) is 12.1 Å². The minimum atomic E-state index is -2.89. The molecule has 1 aliphatic heterocycles. The third-order valence-corrected chi connectivity index (χ3v) is 4.29. The van der Waals surface area contributed by atoms with Gasteiger partial charge in [0.05, 0.1) is 12.0 Å². The normalized spacial score (nSPS) is 19.7. The topological polar surface area (TPSA) is 50.4 Å². The van der Waals surface area contributed by atoms with Crippen LogP contribution in [0.5, 0.6) is 5.75 Å². The average molecular weight is 374 g/mol. The average Bonchev–Trinajstić information content (AvgIpc) is 2.61. The van der Waals surface area contributed by atoms with Gasteiger partial charge in [0.15, 0.2) is 10.9 Å². The van der Waals surface area contributed by atoms with Crippen LogP contribution in [0.25, 0.3) is 0 Å². The number of rotatable bonds is 5. The molecular formula is C19H16F2N2O2S. The van der Waals surface area contributed by atoms with Gasteiger partial charge in [-0.15, -0.1) is 0 Å². The van der Waals surface area contributed by atoms with Crippen LogP contribution < -0.4 is 15.4 Å². The van der Waals surface area contributed by atoms with Gasteiger partial charge in [-0.3, -0.25) is 4.79 Å². The Bertz CT molecular complexity index is 825. The molecule has 1 fully saturated rings. The molecule has 1 heterocycles. The third-order valence-electron chi connectivity index (χ3n) is 4.07. The summed E-state index contributed by atoms with van der Waals surface area (Å²) in [7, 11) is 0. The van der Waals surface area contributed by atoms with Crippen LogP contribution in [0, 0.1) is 5.92 Å². The number of Topliss-reactive ketones (excluding diaryl/α,β-unsaturated/α-hetero) is 1. The number of halogens is 2. The van der Waals surface area contributed by atoms with E-state index in [4.69, 9.17) is 12.2 Å². The highest BCUT2D eigenvalue weighted by atomic mass is 32.1. The second kappa shape index (κ2) is 7.61. The van der Waals surface area contributed by atoms with E-state index in [0.29, 0.717) is 21.9 Å². The third kappa shape index (κ3) is 3.88. The van der Waals surface area contributed by atoms with E-state index in [0.717, 1.165) is 0 Å². The Morgan fingerprint density at radius 1 is 1.12 bits per heavy atom. The van der Waals surface area contributed by atoms with E-state index in [1.807, 2.05) is 6.07 Å². The van der Waals surface area contributed by atoms with E-state index in [-0.39, 0.29) is 11.5 Å². The Labute approximate surface area is 154 Å². The molecule has 0 aliphatic carbocycles. The maximum absolute atomic E-state index is 13.0. The first-order chi connectivity index (χ1) is 12.5. The number of nitrogens with one attached hydrogen (secondary N) is 2. The van der Waals surface area contributed by atoms with Crippen LogP contribution in [0.1, 0.15) is 22.0 Å². The highest BCUT2D eigenvalue weighted by Crippen LogP contribution is 2.33. The number of hydrogen-bond acceptors (Lipinski definition) is 3. The van der Waals surface area contributed by atoms with Crippen molar-refractivity contribution in [2.45, 2.75) is 12.7 Å². The van der Waals surface area contributed by atoms with Crippen molar-refractivity contribution in [2.75, 3.05) is 0 Å². The van der Waals surface area contributed by atoms with Crippen molar-refractivity contribution in [3.8, 4) is 5.75 Å². The quantitative estimate of drug-likeness (QED) is 0.616. The number of carbonyl (C=O) groups is 1. The molecule has 2 aromatic rings. The van der Waals surface area contributed by atoms with Gasteiger partial charge < -0.3 is 15.4 Å². The Kier molecular flexibility index (Phi) is 5.27. The summed E-state index contributed by atoms with van der Waals surface area (Å²) < 4.78 is 29.0. The fourth-order valence-electron chi connectivity index (χ4n) is 2.91. The number of ketones is 1. The van der Waals surface area contributed by atoms with Gasteiger partial charge in [-0.25, -0.2) is 0 Å². The minimum Gasteiger partial charge on any atom is -0.435 e. The van der Waals surface area contributed by atoms with Crippen molar-refractivity contribution >= 4 is 23.1 Å². The Hall–Kier alpha value is -2.80. The lowest BCUT2D eigenvalue weighted by molar-refractivity contribution is -0.0498. The molecule has 2 N–H and O–H groups in total. The molecule has 0 amide bonds. The number of alkyl halides is 2. The largest absolute Gasteiger partial charge is 0.435 e. The van der Waals surface area contributed by atoms with Gasteiger partial charge in [-0.2, -0.15) is 8.78 Å². The highest BCUT2D eigenvalue weighted by Gasteiger charge is 2.36. The van der Waals surface area contributed by atoms with Gasteiger partial charge >= 0.3 is 6.61 Å². The zero-order valence-corrected chi connectivity index (χ0v) is 14.4. The van der Waals surface area contributed by atoms with Crippen LogP contribution in [0.3, 0.4) is 0 Å². The first-order valence-corrected chi connectivity index (χ1v) is 8.27. The second-order valence-corrected chi connectivity index (χ2v) is 6.17. The molecule has 3 rings (SSSR count). The molecule has 0 unspecified atom stereocenters. The van der Waals surface area contributed by atoms with Crippen LogP contribution in [0.2, 0.25) is 0 Å². The van der Waals surface area contributed by atoms with Crippen molar-refractivity contribution in [2.24, 2.45) is 5.92 Å². The van der Waals surface area contributed by atoms with Gasteiger partial charge in [0.2, 0.25) is 0 Å². The fraction of sp³-hybridized carbons (Fsp3) is 0.158. The fourth-order valence-corrected chi connectivity index (χ4v) is 3.17. The van der Waals surface area contributed by atoms with Crippen LogP contribution in [-0.2, 0) is 0 Å². The molecule has 1 aliphatic rings. The van der Waals surface area contributed by atoms with Crippen molar-refractivity contribution in [3.63, 3.8) is 0 Å².